The van der Waals surface area contributed by atoms with Crippen molar-refractivity contribution in [2.24, 2.45) is 0 Å². The summed E-state index contributed by atoms with van der Waals surface area (Å²) in [7, 11) is 0. The van der Waals surface area contributed by atoms with E-state index in [1.165, 1.54) is 18.2 Å². The van der Waals surface area contributed by atoms with Crippen LogP contribution in [0.2, 0.25) is 10.0 Å². The number of hydrogen-bond acceptors (Lipinski definition) is 4. The first kappa shape index (κ1) is 19.8. The predicted molar refractivity (Wildman–Crippen MR) is 101 cm³/mol. The highest BCUT2D eigenvalue weighted by Crippen LogP contribution is 2.25. The number of ether oxygens (including phenoxy) is 1. The number of amides is 2. The highest BCUT2D eigenvalue weighted by Gasteiger charge is 2.12. The lowest BCUT2D eigenvalue weighted by molar-refractivity contribution is -0.123. The van der Waals surface area contributed by atoms with Crippen LogP contribution in [0, 0.1) is 0 Å². The van der Waals surface area contributed by atoms with Crippen molar-refractivity contribution < 1.29 is 19.1 Å². The Bertz CT molecular complexity index is 822. The van der Waals surface area contributed by atoms with Crippen LogP contribution in [-0.4, -0.2) is 24.4 Å². The lowest BCUT2D eigenvalue weighted by Crippen LogP contribution is -2.21. The molecule has 26 heavy (non-hydrogen) atoms. The van der Waals surface area contributed by atoms with Crippen LogP contribution in [0.15, 0.2) is 42.5 Å². The van der Waals surface area contributed by atoms with E-state index in [4.69, 9.17) is 27.9 Å². The normalized spacial score (nSPS) is 10.1. The van der Waals surface area contributed by atoms with Crippen molar-refractivity contribution in [3.8, 4) is 0 Å². The smallest absolute Gasteiger partial charge is 0.338 e. The fourth-order valence-corrected chi connectivity index (χ4v) is 2.38. The van der Waals surface area contributed by atoms with Crippen molar-refractivity contribution in [3.05, 3.63) is 58.1 Å². The molecule has 0 saturated carbocycles. The number of nitrogens with one attached hydrogen (secondary N) is 2. The summed E-state index contributed by atoms with van der Waals surface area (Å²) < 4.78 is 4.88. The zero-order valence-corrected chi connectivity index (χ0v) is 15.4. The van der Waals surface area contributed by atoms with Crippen molar-refractivity contribution in [1.29, 1.82) is 0 Å². The van der Waals surface area contributed by atoms with Crippen LogP contribution < -0.4 is 10.6 Å². The highest BCUT2D eigenvalue weighted by atomic mass is 35.5. The van der Waals surface area contributed by atoms with Gasteiger partial charge in [0.15, 0.2) is 0 Å². The van der Waals surface area contributed by atoms with Gasteiger partial charge in [-0.1, -0.05) is 23.2 Å². The van der Waals surface area contributed by atoms with E-state index in [2.05, 4.69) is 10.6 Å². The number of esters is 1. The van der Waals surface area contributed by atoms with Gasteiger partial charge in [0, 0.05) is 10.7 Å². The number of carbonyl (C=O) groups is 3. The minimum Gasteiger partial charge on any atom is -0.462 e. The number of rotatable bonds is 6. The first-order valence-electron chi connectivity index (χ1n) is 7.71. The van der Waals surface area contributed by atoms with Gasteiger partial charge in [-0.25, -0.2) is 4.79 Å². The van der Waals surface area contributed by atoms with Gasteiger partial charge in [0.2, 0.25) is 11.8 Å². The Kier molecular flexibility index (Phi) is 7.00. The summed E-state index contributed by atoms with van der Waals surface area (Å²) in [4.78, 5) is 35.5. The first-order valence-corrected chi connectivity index (χ1v) is 8.46. The average Bonchev–Trinajstić information content (AvgIpc) is 2.58. The monoisotopic (exact) mass is 394 g/mol. The Morgan fingerprint density at radius 2 is 1.62 bits per heavy atom. The summed E-state index contributed by atoms with van der Waals surface area (Å²) in [6, 6.07) is 10.8. The van der Waals surface area contributed by atoms with Gasteiger partial charge >= 0.3 is 5.97 Å². The molecule has 2 aromatic carbocycles. The van der Waals surface area contributed by atoms with Gasteiger partial charge < -0.3 is 15.4 Å². The zero-order chi connectivity index (χ0) is 19.1. The molecule has 6 nitrogen and oxygen atoms in total. The molecule has 2 rings (SSSR count). The van der Waals surface area contributed by atoms with Crippen LogP contribution in [0.3, 0.4) is 0 Å². The van der Waals surface area contributed by atoms with Crippen molar-refractivity contribution in [2.45, 2.75) is 13.3 Å². The molecule has 0 unspecified atom stereocenters. The van der Waals surface area contributed by atoms with Crippen molar-refractivity contribution >= 4 is 52.4 Å². The third-order valence-corrected chi connectivity index (χ3v) is 3.77. The SMILES string of the molecule is CCOC(=O)c1ccc(NC(=O)CC(=O)Nc2cc(Cl)ccc2Cl)cc1. The van der Waals surface area contributed by atoms with Crippen LogP contribution in [-0.2, 0) is 14.3 Å². The van der Waals surface area contributed by atoms with Gasteiger partial charge in [-0.15, -0.1) is 0 Å². The summed E-state index contributed by atoms with van der Waals surface area (Å²) in [5.74, 6) is -1.48. The minimum absolute atomic E-state index is 0.281. The summed E-state index contributed by atoms with van der Waals surface area (Å²) >= 11 is 11.8. The van der Waals surface area contributed by atoms with Crippen LogP contribution in [0.25, 0.3) is 0 Å². The van der Waals surface area contributed by atoms with Crippen LogP contribution in [0.1, 0.15) is 23.7 Å². The molecule has 0 bridgehead atoms. The topological polar surface area (TPSA) is 84.5 Å². The molecule has 0 atom stereocenters. The maximum Gasteiger partial charge on any atom is 0.338 e. The van der Waals surface area contributed by atoms with E-state index in [0.29, 0.717) is 27.0 Å². The van der Waals surface area contributed by atoms with Gasteiger partial charge in [0.1, 0.15) is 6.42 Å². The molecular formula is C18H16Cl2N2O4. The van der Waals surface area contributed by atoms with Crippen LogP contribution in [0.5, 0.6) is 0 Å². The standard InChI is InChI=1S/C18H16Cl2N2O4/c1-2-26-18(25)11-3-6-13(7-4-11)21-16(23)10-17(24)22-15-9-12(19)5-8-14(15)20/h3-9H,2,10H2,1H3,(H,21,23)(H,22,24). The Morgan fingerprint density at radius 3 is 2.27 bits per heavy atom. The molecule has 0 aliphatic rings. The van der Waals surface area contributed by atoms with Crippen molar-refractivity contribution in [2.75, 3.05) is 17.2 Å². The largest absolute Gasteiger partial charge is 0.462 e. The molecule has 2 aromatic rings. The Morgan fingerprint density at radius 1 is 0.962 bits per heavy atom. The predicted octanol–water partition coefficient (Wildman–Crippen LogP) is 4.14. The van der Waals surface area contributed by atoms with E-state index in [-0.39, 0.29) is 6.61 Å². The molecule has 2 amide bonds. The fourth-order valence-electron chi connectivity index (χ4n) is 2.04. The minimum atomic E-state index is -0.533. The van der Waals surface area contributed by atoms with Gasteiger partial charge in [-0.05, 0) is 49.4 Å². The second kappa shape index (κ2) is 9.22. The maximum atomic E-state index is 12.0. The molecule has 0 heterocycles. The number of anilines is 2. The molecule has 0 aliphatic heterocycles. The van der Waals surface area contributed by atoms with Crippen LogP contribution in [0.4, 0.5) is 11.4 Å². The van der Waals surface area contributed by atoms with Crippen molar-refractivity contribution in [1.82, 2.24) is 0 Å². The van der Waals surface area contributed by atoms with E-state index in [0.717, 1.165) is 0 Å². The lowest BCUT2D eigenvalue weighted by Gasteiger charge is -2.09. The maximum absolute atomic E-state index is 12.0. The molecule has 0 fully saturated rings. The van der Waals surface area contributed by atoms with E-state index < -0.39 is 24.2 Å². The van der Waals surface area contributed by atoms with Gasteiger partial charge in [0.05, 0.1) is 22.9 Å². The summed E-state index contributed by atoms with van der Waals surface area (Å²) in [5, 5.41) is 5.83. The second-order valence-electron chi connectivity index (χ2n) is 5.20. The third-order valence-electron chi connectivity index (χ3n) is 3.20. The fraction of sp³-hybridized carbons (Fsp3) is 0.167. The molecule has 136 valence electrons. The molecule has 0 saturated heterocycles. The number of benzene rings is 2. The Labute approximate surface area is 160 Å². The molecule has 0 spiro atoms. The van der Waals surface area contributed by atoms with Crippen molar-refractivity contribution in [3.63, 3.8) is 0 Å². The van der Waals surface area contributed by atoms with E-state index in [1.807, 2.05) is 0 Å². The zero-order valence-electron chi connectivity index (χ0n) is 13.8. The lowest BCUT2D eigenvalue weighted by atomic mass is 10.2. The van der Waals surface area contributed by atoms with E-state index in [1.54, 1.807) is 31.2 Å². The summed E-state index contributed by atoms with van der Waals surface area (Å²) in [5.41, 5.74) is 1.16. The summed E-state index contributed by atoms with van der Waals surface area (Å²) in [6.07, 6.45) is -0.400. The molecule has 0 aromatic heterocycles. The van der Waals surface area contributed by atoms with Gasteiger partial charge in [-0.3, -0.25) is 9.59 Å². The Balaban J connectivity index is 1.90. The van der Waals surface area contributed by atoms with E-state index in [9.17, 15) is 14.4 Å². The first-order chi connectivity index (χ1) is 12.4. The van der Waals surface area contributed by atoms with Crippen LogP contribution >= 0.6 is 23.2 Å². The third kappa shape index (κ3) is 5.75. The number of halogens is 2. The Hall–Kier alpha value is -2.57. The average molecular weight is 395 g/mol. The molecule has 0 aliphatic carbocycles. The molecule has 8 heteroatoms. The van der Waals surface area contributed by atoms with Gasteiger partial charge in [0.25, 0.3) is 0 Å². The highest BCUT2D eigenvalue weighted by molar-refractivity contribution is 6.35. The molecule has 2 N–H and O–H groups in total. The molecular weight excluding hydrogens is 379 g/mol. The molecule has 0 radical (unpaired) electrons. The number of carbonyl (C=O) groups excluding carboxylic acids is 3. The van der Waals surface area contributed by atoms with E-state index >= 15 is 0 Å². The number of hydrogen-bond donors (Lipinski definition) is 2. The summed E-state index contributed by atoms with van der Waals surface area (Å²) in [6.45, 7) is 2.00. The van der Waals surface area contributed by atoms with Gasteiger partial charge in [-0.2, -0.15) is 0 Å². The second-order valence-corrected chi connectivity index (χ2v) is 6.04. The quantitative estimate of drug-likeness (QED) is 0.569.